The number of hydrogen-bond donors (Lipinski definition) is 2. The third-order valence-corrected chi connectivity index (χ3v) is 5.44. The highest BCUT2D eigenvalue weighted by Crippen LogP contribution is 2.62. The highest BCUT2D eigenvalue weighted by molar-refractivity contribution is 7.96. The van der Waals surface area contributed by atoms with Crippen LogP contribution in [0.5, 0.6) is 0 Å². The number of rotatable bonds is 5. The highest BCUT2D eigenvalue weighted by Gasteiger charge is 2.64. The second-order valence-corrected chi connectivity index (χ2v) is 7.27. The first-order valence-corrected chi connectivity index (χ1v) is 7.24. The van der Waals surface area contributed by atoms with Crippen LogP contribution in [0.4, 0.5) is 8.78 Å². The Morgan fingerprint density at radius 2 is 2.00 bits per heavy atom. The molecule has 0 heterocycles. The van der Waals surface area contributed by atoms with Crippen LogP contribution < -0.4 is 0 Å². The zero-order chi connectivity index (χ0) is 16.1. The third-order valence-electron chi connectivity index (χ3n) is 4.94. The quantitative estimate of drug-likeness (QED) is 0.347. The minimum atomic E-state index is -4.05. The molecule has 3 saturated carbocycles. The molecule has 0 aromatic heterocycles. The summed E-state index contributed by atoms with van der Waals surface area (Å²) >= 11 is -0.675. The van der Waals surface area contributed by atoms with Gasteiger partial charge >= 0.3 is 11.2 Å². The number of aliphatic hydroxyl groups is 1. The molecular formula is C12H18F2O6S. The van der Waals surface area contributed by atoms with Gasteiger partial charge in [-0.1, -0.05) is 18.9 Å². The minimum absolute atomic E-state index is 0.0869. The van der Waals surface area contributed by atoms with Gasteiger partial charge in [0.25, 0.3) is 0 Å². The summed E-state index contributed by atoms with van der Waals surface area (Å²) in [5.74, 6) is -1.72. The Kier molecular flexibility index (Phi) is 4.27. The van der Waals surface area contributed by atoms with Crippen LogP contribution in [-0.2, 0) is 18.9 Å². The fraction of sp³-hybridized carbons (Fsp3) is 0.917. The number of fused-ring (bicyclic) bond motifs is 2. The van der Waals surface area contributed by atoms with Crippen LogP contribution >= 0.6 is 12.0 Å². The number of alkyl halides is 2. The first kappa shape index (κ1) is 16.9. The lowest BCUT2D eigenvalue weighted by Crippen LogP contribution is -2.66. The van der Waals surface area contributed by atoms with E-state index in [0.717, 1.165) is 6.42 Å². The Morgan fingerprint density at radius 3 is 2.48 bits per heavy atom. The minimum Gasteiger partial charge on any atom is -0.451 e. The molecule has 21 heavy (non-hydrogen) atoms. The van der Waals surface area contributed by atoms with Gasteiger partial charge in [-0.25, -0.2) is 10.1 Å². The topological polar surface area (TPSA) is 85.2 Å². The maximum atomic E-state index is 13.4. The molecule has 9 heteroatoms. The number of hydrogen-bond acceptors (Lipinski definition) is 7. The van der Waals surface area contributed by atoms with Crippen LogP contribution in [0.25, 0.3) is 0 Å². The molecule has 3 aliphatic rings. The van der Waals surface area contributed by atoms with E-state index in [2.05, 4.69) is 9.37 Å². The molecule has 3 rings (SSSR count). The molecule has 2 bridgehead atoms. The molecule has 4 atom stereocenters. The maximum absolute atomic E-state index is 13.4. The van der Waals surface area contributed by atoms with Gasteiger partial charge in [-0.2, -0.15) is 8.78 Å². The monoisotopic (exact) mass is 328 g/mol. The number of carbonyl (C=O) groups is 1. The molecule has 4 unspecified atom stereocenters. The van der Waals surface area contributed by atoms with Crippen LogP contribution in [0.15, 0.2) is 0 Å². The van der Waals surface area contributed by atoms with Gasteiger partial charge in [0, 0.05) is 0 Å². The van der Waals surface area contributed by atoms with E-state index in [1.807, 2.05) is 13.8 Å². The zero-order valence-electron chi connectivity index (χ0n) is 11.8. The number of ether oxygens (including phenoxy) is 1. The summed E-state index contributed by atoms with van der Waals surface area (Å²) in [4.78, 5) is 11.6. The molecule has 0 aliphatic heterocycles. The van der Waals surface area contributed by atoms with Crippen molar-refractivity contribution in [3.05, 3.63) is 0 Å². The summed E-state index contributed by atoms with van der Waals surface area (Å²) in [5, 5.41) is 17.2. The molecule has 3 aliphatic carbocycles. The summed E-state index contributed by atoms with van der Waals surface area (Å²) in [6, 6.07) is 0. The molecule has 3 fully saturated rings. The van der Waals surface area contributed by atoms with E-state index in [0.29, 0.717) is 6.42 Å². The van der Waals surface area contributed by atoms with Crippen molar-refractivity contribution in [1.29, 1.82) is 0 Å². The molecular weight excluding hydrogens is 310 g/mol. The van der Waals surface area contributed by atoms with Crippen molar-refractivity contribution in [1.82, 2.24) is 0 Å². The molecule has 2 N–H and O–H groups in total. The van der Waals surface area contributed by atoms with Gasteiger partial charge < -0.3 is 9.84 Å². The lowest BCUT2D eigenvalue weighted by atomic mass is 9.45. The van der Waals surface area contributed by atoms with Gasteiger partial charge in [0.05, 0.1) is 6.10 Å². The fourth-order valence-corrected chi connectivity index (χ4v) is 3.66. The van der Waals surface area contributed by atoms with Crippen LogP contribution in [-0.4, -0.2) is 33.3 Å². The lowest BCUT2D eigenvalue weighted by molar-refractivity contribution is -0.433. The summed E-state index contributed by atoms with van der Waals surface area (Å²) in [6.07, 6.45) is 0.118. The van der Waals surface area contributed by atoms with Gasteiger partial charge in [0.2, 0.25) is 0 Å². The SMILES string of the molecule is CC1(OC(=O)C(F)(F)SOOO)CC2CC(C1O)C2(C)C. The first-order valence-electron chi connectivity index (χ1n) is 6.50. The van der Waals surface area contributed by atoms with Crippen LogP contribution in [0, 0.1) is 17.3 Å². The molecule has 0 amide bonds. The average molecular weight is 328 g/mol. The summed E-state index contributed by atoms with van der Waals surface area (Å²) < 4.78 is 35.3. The fourth-order valence-electron chi connectivity index (χ4n) is 3.44. The van der Waals surface area contributed by atoms with E-state index in [4.69, 9.17) is 9.99 Å². The molecule has 0 spiro atoms. The molecule has 6 nitrogen and oxygen atoms in total. The number of halogens is 2. The third kappa shape index (κ3) is 2.77. The van der Waals surface area contributed by atoms with Gasteiger partial charge in [-0.3, -0.25) is 0 Å². The predicted molar refractivity (Wildman–Crippen MR) is 67.8 cm³/mol. The van der Waals surface area contributed by atoms with Gasteiger partial charge in [-0.05, 0) is 37.0 Å². The van der Waals surface area contributed by atoms with E-state index in [9.17, 15) is 18.7 Å². The second kappa shape index (κ2) is 5.31. The van der Waals surface area contributed by atoms with Crippen molar-refractivity contribution in [2.75, 3.05) is 0 Å². The molecule has 0 radical (unpaired) electrons. The highest BCUT2D eigenvalue weighted by atomic mass is 32.2. The average Bonchev–Trinajstić information content (AvgIpc) is 2.39. The Morgan fingerprint density at radius 1 is 1.38 bits per heavy atom. The van der Waals surface area contributed by atoms with E-state index in [1.165, 1.54) is 6.92 Å². The number of carbonyl (C=O) groups excluding carboxylic acids is 1. The van der Waals surface area contributed by atoms with E-state index in [1.54, 1.807) is 0 Å². The smallest absolute Gasteiger partial charge is 0.415 e. The summed E-state index contributed by atoms with van der Waals surface area (Å²) in [7, 11) is 0. The van der Waals surface area contributed by atoms with Gasteiger partial charge in [-0.15, -0.1) is 4.33 Å². The van der Waals surface area contributed by atoms with Gasteiger partial charge in [0.15, 0.2) is 0 Å². The first-order chi connectivity index (χ1) is 9.54. The molecule has 0 aromatic carbocycles. The van der Waals surface area contributed by atoms with Crippen LogP contribution in [0.2, 0.25) is 0 Å². The van der Waals surface area contributed by atoms with Crippen molar-refractivity contribution in [3.8, 4) is 0 Å². The second-order valence-electron chi connectivity index (χ2n) is 6.45. The van der Waals surface area contributed by atoms with E-state index < -0.39 is 35.0 Å². The van der Waals surface area contributed by atoms with Crippen molar-refractivity contribution < 1.29 is 38.0 Å². The van der Waals surface area contributed by atoms with Crippen molar-refractivity contribution in [2.45, 2.75) is 50.6 Å². The maximum Gasteiger partial charge on any atom is 0.415 e. The van der Waals surface area contributed by atoms with Crippen LogP contribution in [0.1, 0.15) is 33.6 Å². The van der Waals surface area contributed by atoms with E-state index in [-0.39, 0.29) is 17.3 Å². The largest absolute Gasteiger partial charge is 0.451 e. The zero-order valence-corrected chi connectivity index (χ0v) is 12.7. The molecule has 122 valence electrons. The normalized spacial score (nSPS) is 37.8. The Labute approximate surface area is 124 Å². The Balaban J connectivity index is 2.04. The van der Waals surface area contributed by atoms with Crippen molar-refractivity contribution >= 4 is 18.0 Å². The van der Waals surface area contributed by atoms with Gasteiger partial charge in [0.1, 0.15) is 17.6 Å². The Bertz CT molecular complexity index is 432. The van der Waals surface area contributed by atoms with Crippen molar-refractivity contribution in [2.24, 2.45) is 17.3 Å². The molecule has 0 aromatic rings. The summed E-state index contributed by atoms with van der Waals surface area (Å²) in [5.41, 5.74) is -1.44. The number of esters is 1. The lowest BCUT2D eigenvalue weighted by Gasteiger charge is -2.63. The number of aliphatic hydroxyl groups excluding tert-OH is 1. The Hall–Kier alpha value is -0.480. The molecule has 0 saturated heterocycles. The van der Waals surface area contributed by atoms with Crippen LogP contribution in [0.3, 0.4) is 0 Å². The predicted octanol–water partition coefficient (Wildman–Crippen LogP) is 2.38. The van der Waals surface area contributed by atoms with Crippen molar-refractivity contribution in [3.63, 3.8) is 0 Å². The standard InChI is InChI=1S/C12H18F2O6S/c1-10(2)6-4-7(10)8(15)11(3,5-6)18-9(16)12(13,14)21-20-19-17/h6-8,15,17H,4-5H2,1-3H3. The van der Waals surface area contributed by atoms with E-state index >= 15 is 0 Å². The summed E-state index contributed by atoms with van der Waals surface area (Å²) in [6.45, 7) is 5.47.